The molecule has 1 saturated heterocycles. The van der Waals surface area contributed by atoms with Crippen molar-refractivity contribution in [3.8, 4) is 0 Å². The van der Waals surface area contributed by atoms with E-state index in [4.69, 9.17) is 0 Å². The van der Waals surface area contributed by atoms with Crippen LogP contribution in [0.2, 0.25) is 0 Å². The van der Waals surface area contributed by atoms with Crippen molar-refractivity contribution < 1.29 is 22.0 Å². The second-order valence-electron chi connectivity index (χ2n) is 5.70. The second-order valence-corrected chi connectivity index (χ2v) is 7.58. The van der Waals surface area contributed by atoms with Crippen LogP contribution in [0.15, 0.2) is 35.7 Å². The van der Waals surface area contributed by atoms with Gasteiger partial charge in [-0.2, -0.15) is 4.31 Å². The third kappa shape index (κ3) is 4.23. The summed E-state index contributed by atoms with van der Waals surface area (Å²) < 4.78 is 53.7. The van der Waals surface area contributed by atoms with E-state index in [1.807, 2.05) is 4.90 Å². The van der Waals surface area contributed by atoms with Crippen LogP contribution >= 0.6 is 0 Å². The molecule has 25 heavy (non-hydrogen) atoms. The second kappa shape index (κ2) is 8.03. The van der Waals surface area contributed by atoms with Gasteiger partial charge in [0, 0.05) is 32.7 Å². The summed E-state index contributed by atoms with van der Waals surface area (Å²) in [4.78, 5) is 12.9. The van der Waals surface area contributed by atoms with Crippen LogP contribution in [0, 0.1) is 11.6 Å². The number of halogens is 2. The van der Waals surface area contributed by atoms with Crippen molar-refractivity contribution >= 4 is 15.9 Å². The van der Waals surface area contributed by atoms with Gasteiger partial charge in [0.25, 0.3) is 0 Å². The molecule has 0 aromatic heterocycles. The van der Waals surface area contributed by atoms with Crippen LogP contribution in [0.25, 0.3) is 0 Å². The SMILES string of the molecule is C=CCNC(=O)C(C)N1CCN(S(=O)(=O)c2c(F)cccc2F)CC1. The number of hydrogen-bond acceptors (Lipinski definition) is 4. The molecule has 6 nitrogen and oxygen atoms in total. The molecule has 1 unspecified atom stereocenters. The van der Waals surface area contributed by atoms with Crippen molar-refractivity contribution in [2.75, 3.05) is 32.7 Å². The molecule has 1 atom stereocenters. The van der Waals surface area contributed by atoms with E-state index in [0.29, 0.717) is 6.54 Å². The topological polar surface area (TPSA) is 69.7 Å². The average Bonchev–Trinajstić information content (AvgIpc) is 2.58. The van der Waals surface area contributed by atoms with E-state index in [2.05, 4.69) is 11.9 Å². The first-order chi connectivity index (χ1) is 11.8. The van der Waals surface area contributed by atoms with E-state index >= 15 is 0 Å². The molecule has 2 rings (SSSR count). The predicted octanol–water partition coefficient (Wildman–Crippen LogP) is 0.962. The number of carbonyl (C=O) groups is 1. The highest BCUT2D eigenvalue weighted by molar-refractivity contribution is 7.89. The van der Waals surface area contributed by atoms with Gasteiger partial charge in [-0.1, -0.05) is 12.1 Å². The Hall–Kier alpha value is -1.84. The lowest BCUT2D eigenvalue weighted by atomic mass is 10.2. The average molecular weight is 373 g/mol. The van der Waals surface area contributed by atoms with Crippen molar-refractivity contribution in [3.63, 3.8) is 0 Å². The molecule has 1 aromatic carbocycles. The molecule has 0 bridgehead atoms. The molecule has 0 radical (unpaired) electrons. The minimum atomic E-state index is -4.26. The van der Waals surface area contributed by atoms with Gasteiger partial charge in [0.15, 0.2) is 4.90 Å². The van der Waals surface area contributed by atoms with Gasteiger partial charge in [0.2, 0.25) is 15.9 Å². The van der Waals surface area contributed by atoms with Crippen molar-refractivity contribution in [1.29, 1.82) is 0 Å². The Balaban J connectivity index is 2.06. The van der Waals surface area contributed by atoms with Crippen molar-refractivity contribution in [1.82, 2.24) is 14.5 Å². The fourth-order valence-corrected chi connectivity index (χ4v) is 4.21. The zero-order valence-electron chi connectivity index (χ0n) is 13.9. The molecule has 1 aromatic rings. The number of piperazine rings is 1. The summed E-state index contributed by atoms with van der Waals surface area (Å²) in [7, 11) is -4.26. The first-order valence-electron chi connectivity index (χ1n) is 7.86. The Bertz CT molecular complexity index is 727. The number of nitrogens with one attached hydrogen (secondary N) is 1. The molecule has 1 amide bonds. The Morgan fingerprint density at radius 2 is 1.84 bits per heavy atom. The standard InChI is InChI=1S/C16H21F2N3O3S/c1-3-7-19-16(22)12(2)20-8-10-21(11-9-20)25(23,24)15-13(17)5-4-6-14(15)18/h3-6,12H,1,7-11H2,2H3,(H,19,22). The normalized spacial score (nSPS) is 17.9. The van der Waals surface area contributed by atoms with Gasteiger partial charge < -0.3 is 5.32 Å². The third-order valence-electron chi connectivity index (χ3n) is 4.14. The maximum atomic E-state index is 13.8. The molecule has 1 aliphatic heterocycles. The summed E-state index contributed by atoms with van der Waals surface area (Å²) in [5, 5.41) is 2.68. The maximum absolute atomic E-state index is 13.8. The predicted molar refractivity (Wildman–Crippen MR) is 89.4 cm³/mol. The summed E-state index contributed by atoms with van der Waals surface area (Å²) in [6, 6.07) is 2.51. The molecule has 9 heteroatoms. The molecule has 1 N–H and O–H groups in total. The number of benzene rings is 1. The quantitative estimate of drug-likeness (QED) is 0.755. The summed E-state index contributed by atoms with van der Waals surface area (Å²) in [6.07, 6.45) is 1.57. The van der Waals surface area contributed by atoms with Crippen LogP contribution in [-0.4, -0.2) is 62.3 Å². The molecule has 1 fully saturated rings. The summed E-state index contributed by atoms with van der Waals surface area (Å²) >= 11 is 0. The van der Waals surface area contributed by atoms with Crippen molar-refractivity contribution in [2.24, 2.45) is 0 Å². The number of amides is 1. The van der Waals surface area contributed by atoms with E-state index in [-0.39, 0.29) is 32.1 Å². The number of carbonyl (C=O) groups excluding carboxylic acids is 1. The van der Waals surface area contributed by atoms with Gasteiger partial charge in [0.1, 0.15) is 11.6 Å². The third-order valence-corrected chi connectivity index (χ3v) is 6.09. The van der Waals surface area contributed by atoms with E-state index < -0.39 is 32.6 Å². The summed E-state index contributed by atoms with van der Waals surface area (Å²) in [5.41, 5.74) is 0. The lowest BCUT2D eigenvalue weighted by Gasteiger charge is -2.36. The van der Waals surface area contributed by atoms with E-state index in [0.717, 1.165) is 22.5 Å². The summed E-state index contributed by atoms with van der Waals surface area (Å²) in [6.45, 7) is 6.27. The number of hydrogen-bond donors (Lipinski definition) is 1. The van der Waals surface area contributed by atoms with Crippen LogP contribution in [0.4, 0.5) is 8.78 Å². The monoisotopic (exact) mass is 373 g/mol. The minimum Gasteiger partial charge on any atom is -0.351 e. The zero-order chi connectivity index (χ0) is 18.6. The van der Waals surface area contributed by atoms with Gasteiger partial charge in [-0.15, -0.1) is 6.58 Å². The van der Waals surface area contributed by atoms with Gasteiger partial charge >= 0.3 is 0 Å². The Kier molecular flexibility index (Phi) is 6.26. The van der Waals surface area contributed by atoms with Crippen LogP contribution in [0.5, 0.6) is 0 Å². The smallest absolute Gasteiger partial charge is 0.249 e. The molecular weight excluding hydrogens is 352 g/mol. The van der Waals surface area contributed by atoms with Crippen molar-refractivity contribution in [2.45, 2.75) is 17.9 Å². The lowest BCUT2D eigenvalue weighted by molar-refractivity contribution is -0.126. The molecule has 0 spiro atoms. The molecule has 1 aliphatic rings. The molecule has 138 valence electrons. The molecule has 0 aliphatic carbocycles. The molecule has 0 saturated carbocycles. The fourth-order valence-electron chi connectivity index (χ4n) is 2.68. The highest BCUT2D eigenvalue weighted by Crippen LogP contribution is 2.23. The van der Waals surface area contributed by atoms with Crippen LogP contribution in [0.3, 0.4) is 0 Å². The number of sulfonamides is 1. The maximum Gasteiger partial charge on any atom is 0.249 e. The first-order valence-corrected chi connectivity index (χ1v) is 9.30. The van der Waals surface area contributed by atoms with Crippen LogP contribution < -0.4 is 5.32 Å². The largest absolute Gasteiger partial charge is 0.351 e. The van der Waals surface area contributed by atoms with Gasteiger partial charge in [0.05, 0.1) is 6.04 Å². The molecule has 1 heterocycles. The Morgan fingerprint density at radius 3 is 2.36 bits per heavy atom. The van der Waals surface area contributed by atoms with E-state index in [1.165, 1.54) is 0 Å². The van der Waals surface area contributed by atoms with Crippen LogP contribution in [-0.2, 0) is 14.8 Å². The first kappa shape index (κ1) is 19.5. The Morgan fingerprint density at radius 1 is 1.28 bits per heavy atom. The number of nitrogens with zero attached hydrogens (tertiary/aromatic N) is 2. The summed E-state index contributed by atoms with van der Waals surface area (Å²) in [5.74, 6) is -2.41. The zero-order valence-corrected chi connectivity index (χ0v) is 14.7. The fraction of sp³-hybridized carbons (Fsp3) is 0.438. The molecular formula is C16H21F2N3O3S. The van der Waals surface area contributed by atoms with Gasteiger partial charge in [-0.05, 0) is 19.1 Å². The lowest BCUT2D eigenvalue weighted by Crippen LogP contribution is -2.55. The minimum absolute atomic E-state index is 0.0508. The van der Waals surface area contributed by atoms with Crippen LogP contribution in [0.1, 0.15) is 6.92 Å². The number of rotatable bonds is 6. The highest BCUT2D eigenvalue weighted by atomic mass is 32.2. The Labute approximate surface area is 146 Å². The van der Waals surface area contributed by atoms with Gasteiger partial charge in [-0.25, -0.2) is 17.2 Å². The van der Waals surface area contributed by atoms with Crippen molar-refractivity contribution in [3.05, 3.63) is 42.5 Å². The van der Waals surface area contributed by atoms with E-state index in [9.17, 15) is 22.0 Å². The van der Waals surface area contributed by atoms with Gasteiger partial charge in [-0.3, -0.25) is 9.69 Å². The van der Waals surface area contributed by atoms with E-state index in [1.54, 1.807) is 13.0 Å². The highest BCUT2D eigenvalue weighted by Gasteiger charge is 2.34.